The number of anilines is 3. The van der Waals surface area contributed by atoms with Crippen molar-refractivity contribution in [3.05, 3.63) is 78.2 Å². The molecular formula is C19H17FN4O. The molecule has 6 heteroatoms. The van der Waals surface area contributed by atoms with Crippen molar-refractivity contribution in [1.29, 1.82) is 0 Å². The third kappa shape index (κ3) is 3.98. The summed E-state index contributed by atoms with van der Waals surface area (Å²) in [7, 11) is 0. The molecule has 0 aliphatic carbocycles. The Hall–Kier alpha value is -3.28. The van der Waals surface area contributed by atoms with Crippen molar-refractivity contribution in [2.24, 2.45) is 0 Å². The monoisotopic (exact) mass is 336 g/mol. The highest BCUT2D eigenvalue weighted by molar-refractivity contribution is 6.02. The Kier molecular flexibility index (Phi) is 4.99. The molecule has 0 fully saturated rings. The predicted molar refractivity (Wildman–Crippen MR) is 95.5 cm³/mol. The lowest BCUT2D eigenvalue weighted by Gasteiger charge is -2.21. The number of amides is 1. The fraction of sp³-hybridized carbons (Fsp3) is 0.105. The van der Waals surface area contributed by atoms with Gasteiger partial charge in [-0.2, -0.15) is 0 Å². The van der Waals surface area contributed by atoms with Gasteiger partial charge in [0.15, 0.2) is 11.5 Å². The molecule has 0 saturated carbocycles. The summed E-state index contributed by atoms with van der Waals surface area (Å²) in [4.78, 5) is 14.2. The van der Waals surface area contributed by atoms with E-state index in [4.69, 9.17) is 0 Å². The van der Waals surface area contributed by atoms with E-state index < -0.39 is 5.91 Å². The number of hydrogen-bond donors (Lipinski definition) is 1. The van der Waals surface area contributed by atoms with E-state index in [1.54, 1.807) is 12.1 Å². The SMILES string of the molecule is CCN(c1ccccc1)c1ccc(C(=O)Nc2ccc(F)cc2)nn1. The maximum atomic E-state index is 12.9. The minimum absolute atomic E-state index is 0.192. The molecule has 126 valence electrons. The van der Waals surface area contributed by atoms with Gasteiger partial charge in [-0.15, -0.1) is 10.2 Å². The fourth-order valence-corrected chi connectivity index (χ4v) is 2.40. The molecule has 0 spiro atoms. The minimum Gasteiger partial charge on any atom is -0.325 e. The third-order valence-electron chi connectivity index (χ3n) is 3.65. The number of carbonyl (C=O) groups excluding carboxylic acids is 1. The molecular weight excluding hydrogens is 319 g/mol. The first-order valence-electron chi connectivity index (χ1n) is 7.90. The Morgan fingerprint density at radius 2 is 1.72 bits per heavy atom. The lowest BCUT2D eigenvalue weighted by atomic mass is 10.2. The molecule has 1 aromatic heterocycles. The summed E-state index contributed by atoms with van der Waals surface area (Å²) in [6.07, 6.45) is 0. The van der Waals surface area contributed by atoms with Crippen molar-refractivity contribution >= 4 is 23.1 Å². The van der Waals surface area contributed by atoms with Gasteiger partial charge < -0.3 is 10.2 Å². The van der Waals surface area contributed by atoms with Crippen molar-refractivity contribution in [2.75, 3.05) is 16.8 Å². The van der Waals surface area contributed by atoms with Gasteiger partial charge in [-0.1, -0.05) is 18.2 Å². The van der Waals surface area contributed by atoms with Crippen LogP contribution in [-0.2, 0) is 0 Å². The topological polar surface area (TPSA) is 58.1 Å². The highest BCUT2D eigenvalue weighted by Gasteiger charge is 2.12. The van der Waals surface area contributed by atoms with Crippen molar-refractivity contribution in [3.8, 4) is 0 Å². The summed E-state index contributed by atoms with van der Waals surface area (Å²) in [5, 5.41) is 10.8. The van der Waals surface area contributed by atoms with Crippen molar-refractivity contribution in [1.82, 2.24) is 10.2 Å². The molecule has 3 aromatic rings. The zero-order valence-electron chi connectivity index (χ0n) is 13.7. The van der Waals surface area contributed by atoms with Gasteiger partial charge in [0.1, 0.15) is 5.82 Å². The molecule has 0 saturated heterocycles. The standard InChI is InChI=1S/C19H17FN4O/c1-2-24(16-6-4-3-5-7-16)18-13-12-17(22-23-18)19(25)21-15-10-8-14(20)9-11-15/h3-13H,2H2,1H3,(H,21,25). The average Bonchev–Trinajstić information content (AvgIpc) is 2.66. The maximum absolute atomic E-state index is 12.9. The van der Waals surface area contributed by atoms with Crippen LogP contribution in [0.25, 0.3) is 0 Å². The summed E-state index contributed by atoms with van der Waals surface area (Å²) in [5.74, 6) is -0.0943. The smallest absolute Gasteiger partial charge is 0.276 e. The first-order valence-corrected chi connectivity index (χ1v) is 7.90. The van der Waals surface area contributed by atoms with Crippen LogP contribution in [0.4, 0.5) is 21.6 Å². The van der Waals surface area contributed by atoms with E-state index >= 15 is 0 Å². The maximum Gasteiger partial charge on any atom is 0.276 e. The number of nitrogens with zero attached hydrogens (tertiary/aromatic N) is 3. The van der Waals surface area contributed by atoms with Gasteiger partial charge in [0.05, 0.1) is 0 Å². The Balaban J connectivity index is 1.75. The second-order valence-corrected chi connectivity index (χ2v) is 5.32. The second kappa shape index (κ2) is 7.53. The van der Waals surface area contributed by atoms with Gasteiger partial charge >= 0.3 is 0 Å². The number of halogens is 1. The average molecular weight is 336 g/mol. The quantitative estimate of drug-likeness (QED) is 0.764. The molecule has 0 radical (unpaired) electrons. The summed E-state index contributed by atoms with van der Waals surface area (Å²) in [6.45, 7) is 2.74. The molecule has 1 N–H and O–H groups in total. The number of aromatic nitrogens is 2. The van der Waals surface area contributed by atoms with Crippen molar-refractivity contribution in [2.45, 2.75) is 6.92 Å². The first-order chi connectivity index (χ1) is 12.2. The molecule has 0 aliphatic rings. The molecule has 5 nitrogen and oxygen atoms in total. The molecule has 3 rings (SSSR count). The Morgan fingerprint density at radius 1 is 1.00 bits per heavy atom. The number of nitrogens with one attached hydrogen (secondary N) is 1. The van der Waals surface area contributed by atoms with Crippen LogP contribution in [0, 0.1) is 5.82 Å². The fourth-order valence-electron chi connectivity index (χ4n) is 2.40. The zero-order chi connectivity index (χ0) is 17.6. The van der Waals surface area contributed by atoms with E-state index in [-0.39, 0.29) is 11.5 Å². The van der Waals surface area contributed by atoms with Gasteiger partial charge in [-0.05, 0) is 55.5 Å². The summed E-state index contributed by atoms with van der Waals surface area (Å²) < 4.78 is 12.9. The van der Waals surface area contributed by atoms with E-state index in [9.17, 15) is 9.18 Å². The van der Waals surface area contributed by atoms with Crippen LogP contribution in [0.15, 0.2) is 66.7 Å². The van der Waals surface area contributed by atoms with Gasteiger partial charge in [0, 0.05) is 17.9 Å². The van der Waals surface area contributed by atoms with Crippen molar-refractivity contribution in [3.63, 3.8) is 0 Å². The lowest BCUT2D eigenvalue weighted by molar-refractivity contribution is 0.102. The van der Waals surface area contributed by atoms with Gasteiger partial charge in [0.25, 0.3) is 5.91 Å². The molecule has 1 heterocycles. The Labute approximate surface area is 145 Å². The van der Waals surface area contributed by atoms with Crippen LogP contribution in [-0.4, -0.2) is 22.6 Å². The highest BCUT2D eigenvalue weighted by atomic mass is 19.1. The Morgan fingerprint density at radius 3 is 2.32 bits per heavy atom. The number of benzene rings is 2. The molecule has 1 amide bonds. The molecule has 0 unspecified atom stereocenters. The van der Waals surface area contributed by atoms with Crippen LogP contribution in [0.5, 0.6) is 0 Å². The van der Waals surface area contributed by atoms with Crippen LogP contribution in [0.2, 0.25) is 0 Å². The van der Waals surface area contributed by atoms with Crippen LogP contribution < -0.4 is 10.2 Å². The molecule has 25 heavy (non-hydrogen) atoms. The number of hydrogen-bond acceptors (Lipinski definition) is 4. The van der Waals surface area contributed by atoms with Crippen LogP contribution >= 0.6 is 0 Å². The predicted octanol–water partition coefficient (Wildman–Crippen LogP) is 4.03. The van der Waals surface area contributed by atoms with E-state index in [0.29, 0.717) is 11.5 Å². The van der Waals surface area contributed by atoms with Gasteiger partial charge in [-0.3, -0.25) is 4.79 Å². The van der Waals surface area contributed by atoms with Gasteiger partial charge in [0.2, 0.25) is 0 Å². The lowest BCUT2D eigenvalue weighted by Crippen LogP contribution is -2.19. The van der Waals surface area contributed by atoms with E-state index in [0.717, 1.165) is 12.2 Å². The van der Waals surface area contributed by atoms with E-state index in [1.165, 1.54) is 24.3 Å². The summed E-state index contributed by atoms with van der Waals surface area (Å²) in [5.41, 5.74) is 1.69. The Bertz CT molecular complexity index is 836. The molecule has 0 atom stereocenters. The number of rotatable bonds is 5. The van der Waals surface area contributed by atoms with Gasteiger partial charge in [-0.25, -0.2) is 4.39 Å². The highest BCUT2D eigenvalue weighted by Crippen LogP contribution is 2.22. The number of para-hydroxylation sites is 1. The minimum atomic E-state index is -0.395. The van der Waals surface area contributed by atoms with Crippen LogP contribution in [0.1, 0.15) is 17.4 Å². The number of carbonyl (C=O) groups is 1. The summed E-state index contributed by atoms with van der Waals surface area (Å²) in [6, 6.07) is 18.7. The zero-order valence-corrected chi connectivity index (χ0v) is 13.7. The first kappa shape index (κ1) is 16.6. The molecule has 0 aliphatic heterocycles. The third-order valence-corrected chi connectivity index (χ3v) is 3.65. The summed E-state index contributed by atoms with van der Waals surface area (Å²) >= 11 is 0. The van der Waals surface area contributed by atoms with Crippen molar-refractivity contribution < 1.29 is 9.18 Å². The molecule has 2 aromatic carbocycles. The van der Waals surface area contributed by atoms with Crippen LogP contribution in [0.3, 0.4) is 0 Å². The van der Waals surface area contributed by atoms with E-state index in [1.807, 2.05) is 42.2 Å². The normalized spacial score (nSPS) is 10.3. The largest absolute Gasteiger partial charge is 0.325 e. The second-order valence-electron chi connectivity index (χ2n) is 5.32. The van der Waals surface area contributed by atoms with E-state index in [2.05, 4.69) is 15.5 Å². The molecule has 0 bridgehead atoms.